The maximum atomic E-state index is 5.91. The summed E-state index contributed by atoms with van der Waals surface area (Å²) in [5, 5.41) is 0. The normalized spacial score (nSPS) is 10.3. The number of hydrogen-bond donors (Lipinski definition) is 2. The molecule has 21 heavy (non-hydrogen) atoms. The Bertz CT molecular complexity index is 651. The van der Waals surface area contributed by atoms with E-state index in [9.17, 15) is 0 Å². The third-order valence-corrected chi connectivity index (χ3v) is 4.36. The van der Waals surface area contributed by atoms with Gasteiger partial charge in [0.15, 0.2) is 0 Å². The summed E-state index contributed by atoms with van der Waals surface area (Å²) in [6.07, 6.45) is 3.59. The zero-order valence-electron chi connectivity index (χ0n) is 13.3. The van der Waals surface area contributed by atoms with Crippen molar-refractivity contribution < 1.29 is 32.7 Å². The average Bonchev–Trinajstić information content (AvgIpc) is 2.41. The minimum absolute atomic E-state index is 0. The van der Waals surface area contributed by atoms with E-state index in [1.165, 1.54) is 33.4 Å². The summed E-state index contributed by atoms with van der Waals surface area (Å²) >= 11 is 0. The van der Waals surface area contributed by atoms with E-state index < -0.39 is 0 Å². The molecule has 1 heterocycles. The second-order valence-electron chi connectivity index (χ2n) is 5.34. The van der Waals surface area contributed by atoms with E-state index in [1.807, 2.05) is 0 Å². The number of anilines is 2. The van der Waals surface area contributed by atoms with Gasteiger partial charge in [-0.3, -0.25) is 0 Å². The standard InChI is InChI=1S/C16H21N4.Y/c1-8-9(2)11(4)14(12(5)10(8)3)6-13-7-19-16(18)20-15(13)17;/h6H2,1-5H3,(H4,17,18,19,20);/q-1;+3. The molecule has 0 amide bonds. The summed E-state index contributed by atoms with van der Waals surface area (Å²) in [7, 11) is 0. The molecule has 2 aromatic rings. The SMILES string of the molecule is Cc1c(C)c(C)c(Cc2[c-]nc(N)nc2N)c(C)c1C.[Y+3]. The van der Waals surface area contributed by atoms with Crippen molar-refractivity contribution in [3.05, 3.63) is 45.1 Å². The van der Waals surface area contributed by atoms with E-state index in [2.05, 4.69) is 50.8 Å². The molecule has 4 nitrogen and oxygen atoms in total. The molecule has 0 saturated carbocycles. The fourth-order valence-corrected chi connectivity index (χ4v) is 2.55. The first-order chi connectivity index (χ1) is 9.32. The molecule has 1 aromatic heterocycles. The first-order valence-corrected chi connectivity index (χ1v) is 6.68. The average molecular weight is 358 g/mol. The van der Waals surface area contributed by atoms with Gasteiger partial charge >= 0.3 is 32.7 Å². The summed E-state index contributed by atoms with van der Waals surface area (Å²) in [6.45, 7) is 10.8. The van der Waals surface area contributed by atoms with Gasteiger partial charge in [0.1, 0.15) is 5.95 Å². The topological polar surface area (TPSA) is 77.8 Å². The van der Waals surface area contributed by atoms with Gasteiger partial charge in [-0.2, -0.15) is 0 Å². The van der Waals surface area contributed by atoms with E-state index in [0.717, 1.165) is 5.56 Å². The van der Waals surface area contributed by atoms with E-state index in [-0.39, 0.29) is 38.7 Å². The summed E-state index contributed by atoms with van der Waals surface area (Å²) in [4.78, 5) is 7.92. The quantitative estimate of drug-likeness (QED) is 0.809. The van der Waals surface area contributed by atoms with Gasteiger partial charge in [0.25, 0.3) is 0 Å². The molecule has 4 N–H and O–H groups in total. The molecule has 5 heteroatoms. The predicted octanol–water partition coefficient (Wildman–Crippen LogP) is 2.57. The molecule has 0 radical (unpaired) electrons. The first kappa shape index (κ1) is 18.1. The zero-order chi connectivity index (χ0) is 15.0. The van der Waals surface area contributed by atoms with Crippen LogP contribution in [0.5, 0.6) is 0 Å². The predicted molar refractivity (Wildman–Crippen MR) is 82.6 cm³/mol. The third-order valence-electron chi connectivity index (χ3n) is 4.36. The van der Waals surface area contributed by atoms with E-state index >= 15 is 0 Å². The number of nitrogens with zero attached hydrogens (tertiary/aromatic N) is 2. The number of nitrogens with two attached hydrogens (primary N) is 2. The molecule has 0 spiro atoms. The Labute approximate surface area is 151 Å². The number of nitrogen functional groups attached to an aromatic ring is 2. The molecule has 0 bridgehead atoms. The van der Waals surface area contributed by atoms with Crippen LogP contribution in [-0.4, -0.2) is 9.97 Å². The monoisotopic (exact) mass is 358 g/mol. The number of benzene rings is 1. The van der Waals surface area contributed by atoms with Crippen LogP contribution in [0.3, 0.4) is 0 Å². The van der Waals surface area contributed by atoms with Crippen molar-refractivity contribution in [1.82, 2.24) is 9.97 Å². The Kier molecular flexibility index (Phi) is 5.88. The Morgan fingerprint density at radius 2 is 1.33 bits per heavy atom. The molecule has 106 valence electrons. The molecule has 0 aliphatic rings. The Hall–Kier alpha value is -0.996. The molecule has 0 aliphatic carbocycles. The molecule has 0 fully saturated rings. The van der Waals surface area contributed by atoms with Crippen LogP contribution in [-0.2, 0) is 39.1 Å². The van der Waals surface area contributed by atoms with Crippen LogP contribution < -0.4 is 11.5 Å². The van der Waals surface area contributed by atoms with Crippen LogP contribution in [0, 0.1) is 40.8 Å². The van der Waals surface area contributed by atoms with Crippen molar-refractivity contribution in [1.29, 1.82) is 0 Å². The number of hydrogen-bond acceptors (Lipinski definition) is 4. The Balaban J connectivity index is 0.00000220. The van der Waals surface area contributed by atoms with Crippen molar-refractivity contribution in [2.45, 2.75) is 41.0 Å². The number of rotatable bonds is 2. The Morgan fingerprint density at radius 3 is 1.81 bits per heavy atom. The van der Waals surface area contributed by atoms with Gasteiger partial charge in [-0.05, 0) is 74.4 Å². The smallest absolute Gasteiger partial charge is 0.435 e. The Morgan fingerprint density at radius 1 is 0.857 bits per heavy atom. The van der Waals surface area contributed by atoms with E-state index in [1.54, 1.807) is 0 Å². The van der Waals surface area contributed by atoms with Gasteiger partial charge in [-0.25, -0.2) is 0 Å². The van der Waals surface area contributed by atoms with Crippen LogP contribution in [0.25, 0.3) is 0 Å². The maximum Gasteiger partial charge on any atom is 3.00 e. The van der Waals surface area contributed by atoms with Crippen LogP contribution in [0.15, 0.2) is 0 Å². The fourth-order valence-electron chi connectivity index (χ4n) is 2.55. The maximum absolute atomic E-state index is 5.91. The van der Waals surface area contributed by atoms with Crippen LogP contribution in [0.2, 0.25) is 0 Å². The van der Waals surface area contributed by atoms with Crippen LogP contribution in [0.4, 0.5) is 11.8 Å². The fraction of sp³-hybridized carbons (Fsp3) is 0.375. The van der Waals surface area contributed by atoms with Crippen molar-refractivity contribution in [3.8, 4) is 0 Å². The molecule has 0 aliphatic heterocycles. The van der Waals surface area contributed by atoms with Crippen LogP contribution in [0.1, 0.15) is 38.9 Å². The molecule has 2 rings (SSSR count). The third kappa shape index (κ3) is 3.43. The summed E-state index contributed by atoms with van der Waals surface area (Å²) in [5.74, 6) is 0.572. The van der Waals surface area contributed by atoms with E-state index in [0.29, 0.717) is 12.2 Å². The van der Waals surface area contributed by atoms with Crippen molar-refractivity contribution in [2.75, 3.05) is 11.5 Å². The number of aromatic nitrogens is 2. The second kappa shape index (κ2) is 6.84. The van der Waals surface area contributed by atoms with Crippen molar-refractivity contribution in [3.63, 3.8) is 0 Å². The molecule has 0 atom stereocenters. The summed E-state index contributed by atoms with van der Waals surface area (Å²) in [5.41, 5.74) is 20.1. The van der Waals surface area contributed by atoms with Gasteiger partial charge in [0.2, 0.25) is 0 Å². The van der Waals surface area contributed by atoms with Gasteiger partial charge < -0.3 is 21.4 Å². The second-order valence-corrected chi connectivity index (χ2v) is 5.34. The van der Waals surface area contributed by atoms with Crippen LogP contribution >= 0.6 is 0 Å². The van der Waals surface area contributed by atoms with Crippen molar-refractivity contribution in [2.24, 2.45) is 0 Å². The molecular weight excluding hydrogens is 337 g/mol. The van der Waals surface area contributed by atoms with Gasteiger partial charge in [-0.15, -0.1) is 0 Å². The van der Waals surface area contributed by atoms with Gasteiger partial charge in [-0.1, -0.05) is 11.8 Å². The van der Waals surface area contributed by atoms with Crippen molar-refractivity contribution >= 4 is 11.8 Å². The molecule has 1 aromatic carbocycles. The minimum atomic E-state index is 0. The van der Waals surface area contributed by atoms with Gasteiger partial charge in [0, 0.05) is 5.82 Å². The largest absolute Gasteiger partial charge is 3.00 e. The molecular formula is C16H21N4Y+2. The first-order valence-electron chi connectivity index (χ1n) is 6.68. The van der Waals surface area contributed by atoms with Gasteiger partial charge in [0.05, 0.1) is 0 Å². The zero-order valence-corrected chi connectivity index (χ0v) is 16.2. The van der Waals surface area contributed by atoms with E-state index in [4.69, 9.17) is 11.5 Å². The summed E-state index contributed by atoms with van der Waals surface area (Å²) < 4.78 is 0. The summed E-state index contributed by atoms with van der Waals surface area (Å²) in [6, 6.07) is 0. The minimum Gasteiger partial charge on any atom is -0.435 e. The molecule has 0 saturated heterocycles. The molecule has 0 unspecified atom stereocenters.